The van der Waals surface area contributed by atoms with E-state index in [0.717, 1.165) is 18.7 Å². The predicted molar refractivity (Wildman–Crippen MR) is 57.0 cm³/mol. The van der Waals surface area contributed by atoms with Crippen LogP contribution in [0, 0.1) is 12.3 Å². The van der Waals surface area contributed by atoms with E-state index in [-0.39, 0.29) is 0 Å². The molecule has 0 unspecified atom stereocenters. The average Bonchev–Trinajstić information content (AvgIpc) is 2.38. The van der Waals surface area contributed by atoms with Crippen LogP contribution < -0.4 is 5.73 Å². The van der Waals surface area contributed by atoms with E-state index in [4.69, 9.17) is 5.73 Å². The van der Waals surface area contributed by atoms with Gasteiger partial charge in [0.15, 0.2) is 0 Å². The Morgan fingerprint density at radius 1 is 1.57 bits per heavy atom. The highest BCUT2D eigenvalue weighted by atomic mass is 15.3. The number of hydrogen-bond donors (Lipinski definition) is 1. The lowest BCUT2D eigenvalue weighted by Gasteiger charge is -2.41. The average molecular weight is 193 g/mol. The van der Waals surface area contributed by atoms with E-state index >= 15 is 0 Å². The number of nitrogens with zero attached hydrogens (tertiary/aromatic N) is 2. The Morgan fingerprint density at radius 2 is 2.29 bits per heavy atom. The minimum absolute atomic E-state index is 0.389. The number of nitrogens with two attached hydrogens (primary N) is 1. The van der Waals surface area contributed by atoms with Crippen molar-refractivity contribution >= 4 is 0 Å². The van der Waals surface area contributed by atoms with Gasteiger partial charge in [0.1, 0.15) is 0 Å². The van der Waals surface area contributed by atoms with Crippen molar-refractivity contribution in [3.63, 3.8) is 0 Å². The van der Waals surface area contributed by atoms with Crippen LogP contribution in [-0.2, 0) is 13.5 Å². The first-order chi connectivity index (χ1) is 6.65. The van der Waals surface area contributed by atoms with E-state index < -0.39 is 0 Å². The zero-order chi connectivity index (χ0) is 10.2. The molecule has 0 amide bonds. The molecule has 0 radical (unpaired) electrons. The van der Waals surface area contributed by atoms with Crippen LogP contribution in [0.25, 0.3) is 0 Å². The van der Waals surface area contributed by atoms with Crippen LogP contribution in [0.4, 0.5) is 0 Å². The van der Waals surface area contributed by atoms with E-state index in [2.05, 4.69) is 11.2 Å². The van der Waals surface area contributed by atoms with Gasteiger partial charge in [-0.05, 0) is 44.2 Å². The van der Waals surface area contributed by atoms with Crippen molar-refractivity contribution in [1.29, 1.82) is 0 Å². The van der Waals surface area contributed by atoms with Gasteiger partial charge < -0.3 is 5.73 Å². The monoisotopic (exact) mass is 193 g/mol. The second-order valence-electron chi connectivity index (χ2n) is 4.64. The maximum atomic E-state index is 5.84. The molecule has 0 saturated heterocycles. The zero-order valence-corrected chi connectivity index (χ0v) is 9.08. The number of aromatic nitrogens is 2. The standard InChI is InChI=1S/C11H19N3/c1-9-6-10(14(2)13-9)7-11(8-12)4-3-5-11/h6H,3-5,7-8,12H2,1-2H3. The van der Waals surface area contributed by atoms with Gasteiger partial charge in [0.2, 0.25) is 0 Å². The second kappa shape index (κ2) is 3.39. The van der Waals surface area contributed by atoms with Gasteiger partial charge in [-0.2, -0.15) is 5.10 Å². The molecule has 0 aliphatic heterocycles. The summed E-state index contributed by atoms with van der Waals surface area (Å²) in [6.45, 7) is 2.86. The molecule has 0 atom stereocenters. The van der Waals surface area contributed by atoms with Crippen molar-refractivity contribution in [3.05, 3.63) is 17.5 Å². The Balaban J connectivity index is 2.13. The molecule has 2 rings (SSSR count). The highest BCUT2D eigenvalue weighted by molar-refractivity contribution is 5.12. The molecule has 1 heterocycles. The van der Waals surface area contributed by atoms with Crippen molar-refractivity contribution in [2.24, 2.45) is 18.2 Å². The molecule has 1 aromatic rings. The van der Waals surface area contributed by atoms with E-state index in [9.17, 15) is 0 Å². The molecule has 0 aromatic carbocycles. The van der Waals surface area contributed by atoms with Gasteiger partial charge in [-0.15, -0.1) is 0 Å². The van der Waals surface area contributed by atoms with Gasteiger partial charge in [-0.25, -0.2) is 0 Å². The molecule has 3 nitrogen and oxygen atoms in total. The van der Waals surface area contributed by atoms with Gasteiger partial charge in [0.25, 0.3) is 0 Å². The quantitative estimate of drug-likeness (QED) is 0.788. The summed E-state index contributed by atoms with van der Waals surface area (Å²) in [7, 11) is 2.02. The predicted octanol–water partition coefficient (Wildman–Crippen LogP) is 1.40. The fraction of sp³-hybridized carbons (Fsp3) is 0.727. The van der Waals surface area contributed by atoms with Crippen LogP contribution in [0.1, 0.15) is 30.7 Å². The zero-order valence-electron chi connectivity index (χ0n) is 9.08. The summed E-state index contributed by atoms with van der Waals surface area (Å²) in [5.74, 6) is 0. The highest BCUT2D eigenvalue weighted by Gasteiger charge is 2.36. The molecule has 3 heteroatoms. The lowest BCUT2D eigenvalue weighted by atomic mass is 9.66. The number of rotatable bonds is 3. The van der Waals surface area contributed by atoms with Gasteiger partial charge >= 0.3 is 0 Å². The lowest BCUT2D eigenvalue weighted by Crippen LogP contribution is -2.39. The molecule has 0 bridgehead atoms. The van der Waals surface area contributed by atoms with Crippen LogP contribution in [-0.4, -0.2) is 16.3 Å². The van der Waals surface area contributed by atoms with Gasteiger partial charge in [-0.1, -0.05) is 6.42 Å². The fourth-order valence-corrected chi connectivity index (χ4v) is 2.34. The van der Waals surface area contributed by atoms with E-state index in [1.165, 1.54) is 25.0 Å². The highest BCUT2D eigenvalue weighted by Crippen LogP contribution is 2.42. The van der Waals surface area contributed by atoms with E-state index in [1.54, 1.807) is 0 Å². The molecule has 1 aliphatic carbocycles. The number of aryl methyl sites for hydroxylation is 2. The lowest BCUT2D eigenvalue weighted by molar-refractivity contribution is 0.141. The molecule has 2 N–H and O–H groups in total. The summed E-state index contributed by atoms with van der Waals surface area (Å²) in [4.78, 5) is 0. The van der Waals surface area contributed by atoms with Crippen LogP contribution in [0.3, 0.4) is 0 Å². The minimum atomic E-state index is 0.389. The molecule has 14 heavy (non-hydrogen) atoms. The minimum Gasteiger partial charge on any atom is -0.330 e. The first-order valence-corrected chi connectivity index (χ1v) is 5.35. The SMILES string of the molecule is Cc1cc(CC2(CN)CCC2)n(C)n1. The maximum absolute atomic E-state index is 5.84. The van der Waals surface area contributed by atoms with Crippen LogP contribution in [0.15, 0.2) is 6.07 Å². The van der Waals surface area contributed by atoms with Crippen LogP contribution >= 0.6 is 0 Å². The molecule has 1 aliphatic rings. The first kappa shape index (κ1) is 9.71. The third-order valence-electron chi connectivity index (χ3n) is 3.50. The van der Waals surface area contributed by atoms with Crippen molar-refractivity contribution in [2.75, 3.05) is 6.54 Å². The topological polar surface area (TPSA) is 43.8 Å². The molecular weight excluding hydrogens is 174 g/mol. The van der Waals surface area contributed by atoms with E-state index in [0.29, 0.717) is 5.41 Å². The van der Waals surface area contributed by atoms with Crippen molar-refractivity contribution in [2.45, 2.75) is 32.6 Å². The Bertz CT molecular complexity index is 318. The van der Waals surface area contributed by atoms with Crippen molar-refractivity contribution in [3.8, 4) is 0 Å². The smallest absolute Gasteiger partial charge is 0.0596 e. The summed E-state index contributed by atoms with van der Waals surface area (Å²) in [6, 6.07) is 2.18. The van der Waals surface area contributed by atoms with Gasteiger partial charge in [0.05, 0.1) is 5.69 Å². The fourth-order valence-electron chi connectivity index (χ4n) is 2.34. The molecule has 1 saturated carbocycles. The summed E-state index contributed by atoms with van der Waals surface area (Å²) < 4.78 is 1.99. The van der Waals surface area contributed by atoms with Crippen molar-refractivity contribution in [1.82, 2.24) is 9.78 Å². The molecule has 1 fully saturated rings. The maximum Gasteiger partial charge on any atom is 0.0596 e. The Labute approximate surface area is 85.3 Å². The molecule has 78 valence electrons. The summed E-state index contributed by atoms with van der Waals surface area (Å²) in [6.07, 6.45) is 5.01. The largest absolute Gasteiger partial charge is 0.330 e. The third-order valence-corrected chi connectivity index (χ3v) is 3.50. The van der Waals surface area contributed by atoms with Crippen LogP contribution in [0.2, 0.25) is 0 Å². The second-order valence-corrected chi connectivity index (χ2v) is 4.64. The summed E-state index contributed by atoms with van der Waals surface area (Å²) >= 11 is 0. The summed E-state index contributed by atoms with van der Waals surface area (Å²) in [5, 5.41) is 4.36. The Kier molecular flexibility index (Phi) is 2.35. The Hall–Kier alpha value is -0.830. The molecular formula is C11H19N3. The normalized spacial score (nSPS) is 19.4. The molecule has 1 aromatic heterocycles. The van der Waals surface area contributed by atoms with Gasteiger partial charge in [0, 0.05) is 12.7 Å². The van der Waals surface area contributed by atoms with Crippen LogP contribution in [0.5, 0.6) is 0 Å². The molecule has 0 spiro atoms. The first-order valence-electron chi connectivity index (χ1n) is 5.35. The van der Waals surface area contributed by atoms with E-state index in [1.807, 2.05) is 18.7 Å². The summed E-state index contributed by atoms with van der Waals surface area (Å²) in [5.41, 5.74) is 8.67. The van der Waals surface area contributed by atoms with Gasteiger partial charge in [-0.3, -0.25) is 4.68 Å². The number of hydrogen-bond acceptors (Lipinski definition) is 2. The third kappa shape index (κ3) is 1.57. The Morgan fingerprint density at radius 3 is 2.64 bits per heavy atom. The van der Waals surface area contributed by atoms with Crippen molar-refractivity contribution < 1.29 is 0 Å².